The van der Waals surface area contributed by atoms with Gasteiger partial charge in [-0.3, -0.25) is 9.69 Å². The Morgan fingerprint density at radius 3 is 2.52 bits per heavy atom. The van der Waals surface area contributed by atoms with Crippen LogP contribution in [0.1, 0.15) is 19.8 Å². The second-order valence-corrected chi connectivity index (χ2v) is 5.98. The van der Waals surface area contributed by atoms with Crippen molar-refractivity contribution in [2.45, 2.75) is 31.8 Å². The van der Waals surface area contributed by atoms with Crippen LogP contribution >= 0.6 is 0 Å². The summed E-state index contributed by atoms with van der Waals surface area (Å²) in [5.74, 6) is 0.0104. The molecular weight excluding hydrogens is 264 g/mol. The second kappa shape index (κ2) is 6.91. The number of anilines is 2. The average molecular weight is 290 g/mol. The molecule has 0 aliphatic carbocycles. The molecule has 1 aliphatic rings. The number of nitrogens with zero attached hydrogens (tertiary/aromatic N) is 2. The van der Waals surface area contributed by atoms with E-state index in [9.17, 15) is 4.79 Å². The van der Waals surface area contributed by atoms with E-state index in [0.29, 0.717) is 17.4 Å². The summed E-state index contributed by atoms with van der Waals surface area (Å²) >= 11 is 0. The van der Waals surface area contributed by atoms with E-state index in [1.807, 2.05) is 25.1 Å². The molecule has 1 fully saturated rings. The number of likely N-dealkylation sites (tertiary alicyclic amines) is 1. The first kappa shape index (κ1) is 15.8. The molecule has 5 heteroatoms. The number of piperidine rings is 1. The minimum Gasteiger partial charge on any atom is -0.397 e. The van der Waals surface area contributed by atoms with Crippen molar-refractivity contribution in [1.29, 1.82) is 0 Å². The summed E-state index contributed by atoms with van der Waals surface area (Å²) in [6.45, 7) is 3.88. The van der Waals surface area contributed by atoms with Crippen molar-refractivity contribution in [3.8, 4) is 0 Å². The van der Waals surface area contributed by atoms with Gasteiger partial charge in [0.1, 0.15) is 0 Å². The predicted octanol–water partition coefficient (Wildman–Crippen LogP) is 1.62. The minimum absolute atomic E-state index is 0.0104. The zero-order chi connectivity index (χ0) is 15.4. The molecule has 3 N–H and O–H groups in total. The molecule has 116 valence electrons. The van der Waals surface area contributed by atoms with Crippen LogP contribution in [0.5, 0.6) is 0 Å². The fraction of sp³-hybridized carbons (Fsp3) is 0.562. The molecule has 1 saturated heterocycles. The van der Waals surface area contributed by atoms with E-state index in [0.717, 1.165) is 25.9 Å². The third-order valence-corrected chi connectivity index (χ3v) is 4.38. The lowest BCUT2D eigenvalue weighted by molar-refractivity contribution is -0.121. The molecule has 0 spiro atoms. The highest BCUT2D eigenvalue weighted by Crippen LogP contribution is 2.20. The van der Waals surface area contributed by atoms with E-state index >= 15 is 0 Å². The van der Waals surface area contributed by atoms with Gasteiger partial charge in [0.05, 0.1) is 17.4 Å². The largest absolute Gasteiger partial charge is 0.397 e. The molecule has 0 aromatic heterocycles. The maximum Gasteiger partial charge on any atom is 0.241 e. The average Bonchev–Trinajstić information content (AvgIpc) is 2.49. The monoisotopic (exact) mass is 290 g/mol. The maximum atomic E-state index is 12.4. The van der Waals surface area contributed by atoms with Crippen molar-refractivity contribution < 1.29 is 4.79 Å². The molecule has 2 rings (SSSR count). The molecule has 1 amide bonds. The van der Waals surface area contributed by atoms with Crippen LogP contribution in [-0.2, 0) is 4.79 Å². The van der Waals surface area contributed by atoms with Gasteiger partial charge in [-0.25, -0.2) is 0 Å². The summed E-state index contributed by atoms with van der Waals surface area (Å²) in [4.78, 5) is 16.9. The molecule has 1 aromatic carbocycles. The van der Waals surface area contributed by atoms with Gasteiger partial charge in [-0.2, -0.15) is 0 Å². The Morgan fingerprint density at radius 1 is 1.33 bits per heavy atom. The van der Waals surface area contributed by atoms with Gasteiger partial charge >= 0.3 is 0 Å². The highest BCUT2D eigenvalue weighted by Gasteiger charge is 2.27. The fourth-order valence-electron chi connectivity index (χ4n) is 2.80. The Morgan fingerprint density at radius 2 is 1.95 bits per heavy atom. The number of carbonyl (C=O) groups excluding carboxylic acids is 1. The molecule has 0 saturated carbocycles. The molecule has 1 unspecified atom stereocenters. The Hall–Kier alpha value is -1.59. The van der Waals surface area contributed by atoms with Gasteiger partial charge in [-0.05, 0) is 46.0 Å². The van der Waals surface area contributed by atoms with Crippen molar-refractivity contribution in [2.75, 3.05) is 38.2 Å². The highest BCUT2D eigenvalue weighted by atomic mass is 16.2. The van der Waals surface area contributed by atoms with Crippen molar-refractivity contribution in [2.24, 2.45) is 0 Å². The number of nitrogen functional groups attached to an aromatic ring is 1. The van der Waals surface area contributed by atoms with Crippen LogP contribution in [0.25, 0.3) is 0 Å². The van der Waals surface area contributed by atoms with Crippen molar-refractivity contribution >= 4 is 17.3 Å². The molecule has 1 aromatic rings. The van der Waals surface area contributed by atoms with E-state index in [1.165, 1.54) is 0 Å². The number of rotatable bonds is 4. The SMILES string of the molecule is CC(C(=O)Nc1ccccc1N)N1CCC(N(C)C)CC1. The molecular formula is C16H26N4O. The molecule has 21 heavy (non-hydrogen) atoms. The Balaban J connectivity index is 1.90. The zero-order valence-electron chi connectivity index (χ0n) is 13.2. The van der Waals surface area contributed by atoms with E-state index < -0.39 is 0 Å². The lowest BCUT2D eigenvalue weighted by Gasteiger charge is -2.37. The third kappa shape index (κ3) is 3.95. The molecule has 1 atom stereocenters. The summed E-state index contributed by atoms with van der Waals surface area (Å²) in [5.41, 5.74) is 7.16. The maximum absolute atomic E-state index is 12.4. The van der Waals surface area contributed by atoms with Gasteiger partial charge in [0.25, 0.3) is 0 Å². The van der Waals surface area contributed by atoms with Gasteiger partial charge in [-0.1, -0.05) is 12.1 Å². The number of hydrogen-bond acceptors (Lipinski definition) is 4. The van der Waals surface area contributed by atoms with Crippen LogP contribution in [0.4, 0.5) is 11.4 Å². The number of nitrogens with one attached hydrogen (secondary N) is 1. The van der Waals surface area contributed by atoms with Crippen LogP contribution in [0.3, 0.4) is 0 Å². The summed E-state index contributed by atoms with van der Waals surface area (Å²) in [6.07, 6.45) is 2.22. The normalized spacial score (nSPS) is 18.7. The van der Waals surface area contributed by atoms with Crippen molar-refractivity contribution in [3.05, 3.63) is 24.3 Å². The Labute approximate surface area is 127 Å². The van der Waals surface area contributed by atoms with E-state index in [4.69, 9.17) is 5.73 Å². The van der Waals surface area contributed by atoms with Crippen molar-refractivity contribution in [3.63, 3.8) is 0 Å². The first-order valence-corrected chi connectivity index (χ1v) is 7.55. The lowest BCUT2D eigenvalue weighted by atomic mass is 10.0. The van der Waals surface area contributed by atoms with Crippen molar-refractivity contribution in [1.82, 2.24) is 9.80 Å². The second-order valence-electron chi connectivity index (χ2n) is 5.98. The van der Waals surface area contributed by atoms with E-state index in [-0.39, 0.29) is 11.9 Å². The molecule has 5 nitrogen and oxygen atoms in total. The number of amides is 1. The van der Waals surface area contributed by atoms with Gasteiger partial charge in [0.15, 0.2) is 0 Å². The predicted molar refractivity (Wildman–Crippen MR) is 87.2 cm³/mol. The zero-order valence-corrected chi connectivity index (χ0v) is 13.2. The van der Waals surface area contributed by atoms with E-state index in [2.05, 4.69) is 29.2 Å². The van der Waals surface area contributed by atoms with Crippen LogP contribution in [0.2, 0.25) is 0 Å². The summed E-state index contributed by atoms with van der Waals surface area (Å²) < 4.78 is 0. The van der Waals surface area contributed by atoms with Crippen LogP contribution < -0.4 is 11.1 Å². The number of hydrogen-bond donors (Lipinski definition) is 2. The summed E-state index contributed by atoms with van der Waals surface area (Å²) in [5, 5.41) is 2.93. The number of nitrogens with two attached hydrogens (primary N) is 1. The van der Waals surface area contributed by atoms with Crippen LogP contribution in [-0.4, -0.2) is 55.0 Å². The van der Waals surface area contributed by atoms with Gasteiger partial charge in [0.2, 0.25) is 5.91 Å². The van der Waals surface area contributed by atoms with Gasteiger partial charge in [-0.15, -0.1) is 0 Å². The van der Waals surface area contributed by atoms with Crippen LogP contribution in [0.15, 0.2) is 24.3 Å². The van der Waals surface area contributed by atoms with Crippen LogP contribution in [0, 0.1) is 0 Å². The number of benzene rings is 1. The molecule has 1 aliphatic heterocycles. The first-order chi connectivity index (χ1) is 9.99. The Kier molecular flexibility index (Phi) is 5.20. The number of para-hydroxylation sites is 2. The van der Waals surface area contributed by atoms with E-state index in [1.54, 1.807) is 6.07 Å². The first-order valence-electron chi connectivity index (χ1n) is 7.55. The number of carbonyl (C=O) groups is 1. The lowest BCUT2D eigenvalue weighted by Crippen LogP contribution is -2.49. The van der Waals surface area contributed by atoms with Gasteiger partial charge < -0.3 is 16.0 Å². The smallest absolute Gasteiger partial charge is 0.241 e. The Bertz CT molecular complexity index is 481. The third-order valence-electron chi connectivity index (χ3n) is 4.38. The molecule has 1 heterocycles. The molecule has 0 bridgehead atoms. The van der Waals surface area contributed by atoms with Gasteiger partial charge in [0, 0.05) is 19.1 Å². The summed E-state index contributed by atoms with van der Waals surface area (Å²) in [7, 11) is 4.24. The quantitative estimate of drug-likeness (QED) is 0.827. The topological polar surface area (TPSA) is 61.6 Å². The molecule has 0 radical (unpaired) electrons. The fourth-order valence-corrected chi connectivity index (χ4v) is 2.80. The summed E-state index contributed by atoms with van der Waals surface area (Å²) in [6, 6.07) is 7.86. The standard InChI is InChI=1S/C16H26N4O/c1-12(20-10-8-13(9-11-20)19(2)3)16(21)18-15-7-5-4-6-14(15)17/h4-7,12-13H,8-11,17H2,1-3H3,(H,18,21). The highest BCUT2D eigenvalue weighted by molar-refractivity contribution is 5.97. The minimum atomic E-state index is -0.132.